The van der Waals surface area contributed by atoms with Crippen molar-refractivity contribution in [3.63, 3.8) is 0 Å². The molecule has 0 saturated heterocycles. The van der Waals surface area contributed by atoms with E-state index in [2.05, 4.69) is 6.92 Å². The molecule has 0 amide bonds. The van der Waals surface area contributed by atoms with Crippen molar-refractivity contribution in [2.75, 3.05) is 12.8 Å². The first kappa shape index (κ1) is 12.1. The van der Waals surface area contributed by atoms with Gasteiger partial charge in [0.25, 0.3) is 0 Å². The van der Waals surface area contributed by atoms with Gasteiger partial charge in [-0.25, -0.2) is 0 Å². The Kier molecular flexibility index (Phi) is 3.77. The van der Waals surface area contributed by atoms with Crippen LogP contribution < -0.4 is 15.2 Å². The number of rotatable bonds is 3. The molecular weight excluding hydrogens is 214 g/mol. The maximum absolute atomic E-state index is 6.04. The molecule has 17 heavy (non-hydrogen) atoms. The van der Waals surface area contributed by atoms with Crippen molar-refractivity contribution in [2.45, 2.75) is 38.7 Å². The number of hydrogen-bond donors (Lipinski definition) is 1. The van der Waals surface area contributed by atoms with Crippen LogP contribution in [0.2, 0.25) is 0 Å². The molecule has 94 valence electrons. The highest BCUT2D eigenvalue weighted by Gasteiger charge is 2.23. The van der Waals surface area contributed by atoms with Gasteiger partial charge in [0, 0.05) is 0 Å². The number of para-hydroxylation sites is 1. The average Bonchev–Trinajstić information content (AvgIpc) is 2.34. The van der Waals surface area contributed by atoms with Gasteiger partial charge in [-0.3, -0.25) is 0 Å². The number of ether oxygens (including phenoxy) is 2. The lowest BCUT2D eigenvalue weighted by Crippen LogP contribution is -2.28. The Morgan fingerprint density at radius 2 is 1.88 bits per heavy atom. The van der Waals surface area contributed by atoms with Crippen LogP contribution in [0.25, 0.3) is 0 Å². The summed E-state index contributed by atoms with van der Waals surface area (Å²) in [6.07, 6.45) is 5.22. The standard InChI is InChI=1S/C14H21NO2/c1-10-6-3-4-7-11(10)17-13-9-5-8-12(16-2)14(13)15/h5,8-11H,3-4,6-7,15H2,1-2H3. The molecule has 2 rings (SSSR count). The van der Waals surface area contributed by atoms with Crippen LogP contribution in [-0.4, -0.2) is 13.2 Å². The Morgan fingerprint density at radius 1 is 1.18 bits per heavy atom. The average molecular weight is 235 g/mol. The molecule has 1 saturated carbocycles. The molecule has 0 radical (unpaired) electrons. The lowest BCUT2D eigenvalue weighted by atomic mass is 9.88. The predicted octanol–water partition coefficient (Wildman–Crippen LogP) is 3.23. The highest BCUT2D eigenvalue weighted by molar-refractivity contribution is 5.62. The van der Waals surface area contributed by atoms with E-state index in [0.717, 1.165) is 12.2 Å². The molecule has 1 aromatic rings. The summed E-state index contributed by atoms with van der Waals surface area (Å²) < 4.78 is 11.2. The molecule has 2 N–H and O–H groups in total. The first-order valence-electron chi connectivity index (χ1n) is 6.31. The Balaban J connectivity index is 2.12. The summed E-state index contributed by atoms with van der Waals surface area (Å²) in [5, 5.41) is 0. The Bertz CT molecular complexity index is 378. The van der Waals surface area contributed by atoms with Gasteiger partial charge in [0.05, 0.1) is 7.11 Å². The maximum atomic E-state index is 6.04. The van der Waals surface area contributed by atoms with Crippen LogP contribution in [0.1, 0.15) is 32.6 Å². The molecule has 0 spiro atoms. The topological polar surface area (TPSA) is 44.5 Å². The smallest absolute Gasteiger partial charge is 0.146 e. The highest BCUT2D eigenvalue weighted by Crippen LogP contribution is 2.35. The summed E-state index contributed by atoms with van der Waals surface area (Å²) in [6.45, 7) is 2.25. The third kappa shape index (κ3) is 2.65. The van der Waals surface area contributed by atoms with Gasteiger partial charge in [-0.2, -0.15) is 0 Å². The molecule has 3 heteroatoms. The van der Waals surface area contributed by atoms with Gasteiger partial charge in [0.1, 0.15) is 23.3 Å². The minimum atomic E-state index is 0.290. The molecule has 0 heterocycles. The number of benzene rings is 1. The van der Waals surface area contributed by atoms with Gasteiger partial charge in [0.2, 0.25) is 0 Å². The van der Waals surface area contributed by atoms with Crippen molar-refractivity contribution < 1.29 is 9.47 Å². The molecule has 0 bridgehead atoms. The van der Waals surface area contributed by atoms with Crippen molar-refractivity contribution in [3.8, 4) is 11.5 Å². The Hall–Kier alpha value is -1.38. The van der Waals surface area contributed by atoms with Crippen LogP contribution in [0.5, 0.6) is 11.5 Å². The summed E-state index contributed by atoms with van der Waals surface area (Å²) >= 11 is 0. The van der Waals surface area contributed by atoms with E-state index in [-0.39, 0.29) is 6.10 Å². The summed E-state index contributed by atoms with van der Waals surface area (Å²) in [7, 11) is 1.62. The van der Waals surface area contributed by atoms with Crippen molar-refractivity contribution >= 4 is 5.69 Å². The van der Waals surface area contributed by atoms with Gasteiger partial charge < -0.3 is 15.2 Å². The van der Waals surface area contributed by atoms with Crippen molar-refractivity contribution in [3.05, 3.63) is 18.2 Å². The summed E-state index contributed by atoms with van der Waals surface area (Å²) in [4.78, 5) is 0. The van der Waals surface area contributed by atoms with Gasteiger partial charge in [0.15, 0.2) is 0 Å². The summed E-state index contributed by atoms with van der Waals surface area (Å²) in [5.41, 5.74) is 6.61. The molecule has 0 aromatic heterocycles. The van der Waals surface area contributed by atoms with E-state index in [1.54, 1.807) is 7.11 Å². The minimum Gasteiger partial charge on any atom is -0.494 e. The summed E-state index contributed by atoms with van der Waals surface area (Å²) in [6, 6.07) is 5.68. The normalized spacial score (nSPS) is 24.4. The monoisotopic (exact) mass is 235 g/mol. The van der Waals surface area contributed by atoms with Crippen LogP contribution in [0.15, 0.2) is 18.2 Å². The van der Waals surface area contributed by atoms with E-state index in [0.29, 0.717) is 17.4 Å². The zero-order valence-corrected chi connectivity index (χ0v) is 10.6. The molecule has 0 aliphatic heterocycles. The lowest BCUT2D eigenvalue weighted by Gasteiger charge is -2.29. The first-order chi connectivity index (χ1) is 8.22. The van der Waals surface area contributed by atoms with Crippen LogP contribution in [-0.2, 0) is 0 Å². The Morgan fingerprint density at radius 3 is 2.59 bits per heavy atom. The predicted molar refractivity (Wildman–Crippen MR) is 69.5 cm³/mol. The SMILES string of the molecule is COc1cccc(OC2CCCCC2C)c1N. The van der Waals surface area contributed by atoms with E-state index in [9.17, 15) is 0 Å². The van der Waals surface area contributed by atoms with E-state index in [1.165, 1.54) is 19.3 Å². The van der Waals surface area contributed by atoms with Gasteiger partial charge in [-0.15, -0.1) is 0 Å². The number of nitrogen functional groups attached to an aromatic ring is 1. The fourth-order valence-corrected chi connectivity index (χ4v) is 2.43. The quantitative estimate of drug-likeness (QED) is 0.818. The fourth-order valence-electron chi connectivity index (χ4n) is 2.43. The van der Waals surface area contributed by atoms with Crippen LogP contribution in [0.3, 0.4) is 0 Å². The summed E-state index contributed by atoms with van der Waals surface area (Å²) in [5.74, 6) is 2.04. The second-order valence-corrected chi connectivity index (χ2v) is 4.79. The molecule has 1 aromatic carbocycles. The minimum absolute atomic E-state index is 0.290. The number of anilines is 1. The fraction of sp³-hybridized carbons (Fsp3) is 0.571. The van der Waals surface area contributed by atoms with Gasteiger partial charge in [-0.1, -0.05) is 19.4 Å². The molecule has 1 aliphatic rings. The van der Waals surface area contributed by atoms with E-state index >= 15 is 0 Å². The van der Waals surface area contributed by atoms with Crippen molar-refractivity contribution in [1.29, 1.82) is 0 Å². The van der Waals surface area contributed by atoms with Crippen molar-refractivity contribution in [2.24, 2.45) is 5.92 Å². The third-order valence-corrected chi connectivity index (χ3v) is 3.56. The number of nitrogens with two attached hydrogens (primary N) is 1. The lowest BCUT2D eigenvalue weighted by molar-refractivity contribution is 0.103. The van der Waals surface area contributed by atoms with E-state index in [4.69, 9.17) is 15.2 Å². The van der Waals surface area contributed by atoms with Gasteiger partial charge in [-0.05, 0) is 37.3 Å². The molecule has 1 fully saturated rings. The third-order valence-electron chi connectivity index (χ3n) is 3.56. The highest BCUT2D eigenvalue weighted by atomic mass is 16.5. The number of hydrogen-bond acceptors (Lipinski definition) is 3. The largest absolute Gasteiger partial charge is 0.494 e. The van der Waals surface area contributed by atoms with Gasteiger partial charge >= 0.3 is 0 Å². The maximum Gasteiger partial charge on any atom is 0.146 e. The van der Waals surface area contributed by atoms with E-state index in [1.807, 2.05) is 18.2 Å². The number of methoxy groups -OCH3 is 1. The second-order valence-electron chi connectivity index (χ2n) is 4.79. The second kappa shape index (κ2) is 5.30. The molecule has 2 unspecified atom stereocenters. The molecule has 1 aliphatic carbocycles. The van der Waals surface area contributed by atoms with Crippen LogP contribution in [0.4, 0.5) is 5.69 Å². The first-order valence-corrected chi connectivity index (χ1v) is 6.31. The zero-order chi connectivity index (χ0) is 12.3. The van der Waals surface area contributed by atoms with E-state index < -0.39 is 0 Å². The molecule has 3 nitrogen and oxygen atoms in total. The van der Waals surface area contributed by atoms with Crippen molar-refractivity contribution in [1.82, 2.24) is 0 Å². The zero-order valence-electron chi connectivity index (χ0n) is 10.6. The van der Waals surface area contributed by atoms with Crippen LogP contribution >= 0.6 is 0 Å². The molecule has 2 atom stereocenters. The Labute approximate surface area is 103 Å². The molecular formula is C14H21NO2. The van der Waals surface area contributed by atoms with Crippen LogP contribution in [0, 0.1) is 5.92 Å².